The summed E-state index contributed by atoms with van der Waals surface area (Å²) in [5.74, 6) is 0.126. The van der Waals surface area contributed by atoms with Crippen molar-refractivity contribution in [2.75, 3.05) is 19.0 Å². The number of nitrogens with one attached hydrogen (secondary N) is 1. The number of benzene rings is 1. The van der Waals surface area contributed by atoms with E-state index in [1.54, 1.807) is 30.5 Å². The average Bonchev–Trinajstić information content (AvgIpc) is 3.07. The number of esters is 1. The summed E-state index contributed by atoms with van der Waals surface area (Å²) in [6.45, 7) is 2.17. The highest BCUT2D eigenvalue weighted by Gasteiger charge is 2.16. The Bertz CT molecular complexity index is 637. The number of furan rings is 1. The number of carbonyl (C=O) groups excluding carboxylic acids is 2. The van der Waals surface area contributed by atoms with Gasteiger partial charge in [0.25, 0.3) is 5.91 Å². The molecule has 2 rings (SSSR count). The van der Waals surface area contributed by atoms with Gasteiger partial charge in [-0.2, -0.15) is 0 Å². The van der Waals surface area contributed by atoms with Crippen LogP contribution in [0.3, 0.4) is 0 Å². The van der Waals surface area contributed by atoms with E-state index in [4.69, 9.17) is 9.15 Å². The average molecular weight is 303 g/mol. The lowest BCUT2D eigenvalue weighted by Gasteiger charge is -2.10. The zero-order valence-electron chi connectivity index (χ0n) is 12.5. The number of quaternary nitrogens is 1. The van der Waals surface area contributed by atoms with Crippen LogP contribution in [0.2, 0.25) is 0 Å². The van der Waals surface area contributed by atoms with Crippen LogP contribution >= 0.6 is 0 Å². The zero-order valence-corrected chi connectivity index (χ0v) is 12.5. The number of hydrogen-bond donors (Lipinski definition) is 2. The first-order valence-corrected chi connectivity index (χ1v) is 6.95. The number of nitrogens with two attached hydrogens (primary N) is 1. The van der Waals surface area contributed by atoms with Gasteiger partial charge >= 0.3 is 5.97 Å². The highest BCUT2D eigenvalue weighted by molar-refractivity contribution is 6.01. The first-order valence-electron chi connectivity index (χ1n) is 6.95. The molecule has 0 saturated heterocycles. The van der Waals surface area contributed by atoms with Crippen molar-refractivity contribution < 1.29 is 24.1 Å². The number of hydrogen-bond acceptors (Lipinski definition) is 4. The second-order valence-electron chi connectivity index (χ2n) is 4.83. The van der Waals surface area contributed by atoms with Crippen LogP contribution < -0.4 is 10.6 Å². The minimum Gasteiger partial charge on any atom is -0.465 e. The minimum absolute atomic E-state index is 0.0385. The smallest absolute Gasteiger partial charge is 0.339 e. The van der Waals surface area contributed by atoms with Gasteiger partial charge in [0.1, 0.15) is 6.04 Å². The summed E-state index contributed by atoms with van der Waals surface area (Å²) in [7, 11) is 1.31. The van der Waals surface area contributed by atoms with Crippen molar-refractivity contribution in [3.63, 3.8) is 0 Å². The number of para-hydroxylation sites is 1. The summed E-state index contributed by atoms with van der Waals surface area (Å²) < 4.78 is 9.98. The molecule has 0 fully saturated rings. The Balaban J connectivity index is 1.94. The van der Waals surface area contributed by atoms with E-state index < -0.39 is 5.97 Å². The normalized spacial score (nSPS) is 11.7. The molecule has 0 unspecified atom stereocenters. The quantitative estimate of drug-likeness (QED) is 0.788. The highest BCUT2D eigenvalue weighted by atomic mass is 16.5. The predicted octanol–water partition coefficient (Wildman–Crippen LogP) is 1.33. The third-order valence-electron chi connectivity index (χ3n) is 3.26. The molecule has 1 atom stereocenters. The summed E-state index contributed by atoms with van der Waals surface area (Å²) in [6.07, 6.45) is 1.60. The maximum atomic E-state index is 12.0. The molecule has 116 valence electrons. The Hall–Kier alpha value is -2.60. The first kappa shape index (κ1) is 15.8. The van der Waals surface area contributed by atoms with Crippen LogP contribution in [0.15, 0.2) is 47.1 Å². The SMILES string of the molecule is COC(=O)c1ccccc1NC(=O)C[NH2+][C@H](C)c1ccco1. The van der Waals surface area contributed by atoms with Crippen LogP contribution in [0.25, 0.3) is 0 Å². The number of ether oxygens (including phenoxy) is 1. The largest absolute Gasteiger partial charge is 0.465 e. The Labute approximate surface area is 128 Å². The number of carbonyl (C=O) groups is 2. The Morgan fingerprint density at radius 3 is 2.73 bits per heavy atom. The van der Waals surface area contributed by atoms with E-state index in [0.29, 0.717) is 11.3 Å². The van der Waals surface area contributed by atoms with Crippen LogP contribution in [0.1, 0.15) is 29.1 Å². The van der Waals surface area contributed by atoms with Crippen LogP contribution in [-0.2, 0) is 9.53 Å². The Morgan fingerprint density at radius 1 is 1.27 bits per heavy atom. The summed E-state index contributed by atoms with van der Waals surface area (Å²) in [5.41, 5.74) is 0.774. The van der Waals surface area contributed by atoms with Gasteiger partial charge in [-0.3, -0.25) is 4.79 Å². The first-order chi connectivity index (χ1) is 10.6. The zero-order chi connectivity index (χ0) is 15.9. The number of methoxy groups -OCH3 is 1. The van der Waals surface area contributed by atoms with Crippen molar-refractivity contribution >= 4 is 17.6 Å². The summed E-state index contributed by atoms with van der Waals surface area (Å²) in [5, 5.41) is 4.58. The molecule has 0 aliphatic heterocycles. The molecule has 1 aromatic carbocycles. The molecule has 0 bridgehead atoms. The molecule has 22 heavy (non-hydrogen) atoms. The molecule has 2 aromatic rings. The summed E-state index contributed by atoms with van der Waals surface area (Å²) in [4.78, 5) is 23.7. The minimum atomic E-state index is -0.483. The Morgan fingerprint density at radius 2 is 2.05 bits per heavy atom. The van der Waals surface area contributed by atoms with E-state index in [1.807, 2.05) is 24.4 Å². The molecule has 0 saturated carbocycles. The molecule has 1 amide bonds. The van der Waals surface area contributed by atoms with Crippen molar-refractivity contribution in [3.8, 4) is 0 Å². The van der Waals surface area contributed by atoms with Crippen molar-refractivity contribution in [2.24, 2.45) is 0 Å². The monoisotopic (exact) mass is 303 g/mol. The van der Waals surface area contributed by atoms with E-state index in [9.17, 15) is 9.59 Å². The molecule has 3 N–H and O–H groups in total. The fourth-order valence-electron chi connectivity index (χ4n) is 2.03. The predicted molar refractivity (Wildman–Crippen MR) is 80.3 cm³/mol. The van der Waals surface area contributed by atoms with Crippen LogP contribution in [-0.4, -0.2) is 25.5 Å². The number of rotatable bonds is 6. The fraction of sp³-hybridized carbons (Fsp3) is 0.250. The van der Waals surface area contributed by atoms with E-state index in [0.717, 1.165) is 5.76 Å². The molecular formula is C16H19N2O4+. The Kier molecular flexibility index (Phi) is 5.32. The molecule has 6 heteroatoms. The molecule has 1 aromatic heterocycles. The van der Waals surface area contributed by atoms with E-state index in [2.05, 4.69) is 5.32 Å². The second kappa shape index (κ2) is 7.42. The molecule has 1 heterocycles. The van der Waals surface area contributed by atoms with Gasteiger partial charge in [0.15, 0.2) is 12.3 Å². The van der Waals surface area contributed by atoms with E-state index in [1.165, 1.54) is 7.11 Å². The molecular weight excluding hydrogens is 284 g/mol. The van der Waals surface area contributed by atoms with Gasteiger partial charge in [-0.25, -0.2) is 4.79 Å². The van der Waals surface area contributed by atoms with Crippen molar-refractivity contribution in [2.45, 2.75) is 13.0 Å². The molecule has 0 aliphatic rings. The lowest BCUT2D eigenvalue weighted by atomic mass is 10.2. The lowest BCUT2D eigenvalue weighted by Crippen LogP contribution is -2.86. The lowest BCUT2D eigenvalue weighted by molar-refractivity contribution is -0.684. The molecule has 0 spiro atoms. The van der Waals surface area contributed by atoms with Gasteiger partial charge in [-0.05, 0) is 31.2 Å². The third kappa shape index (κ3) is 3.95. The van der Waals surface area contributed by atoms with E-state index >= 15 is 0 Å². The maximum absolute atomic E-state index is 12.0. The molecule has 0 radical (unpaired) electrons. The van der Waals surface area contributed by atoms with Crippen molar-refractivity contribution in [3.05, 3.63) is 54.0 Å². The maximum Gasteiger partial charge on any atom is 0.339 e. The van der Waals surface area contributed by atoms with Gasteiger partial charge < -0.3 is 19.8 Å². The summed E-state index contributed by atoms with van der Waals surface area (Å²) >= 11 is 0. The summed E-state index contributed by atoms with van der Waals surface area (Å²) in [6, 6.07) is 10.5. The van der Waals surface area contributed by atoms with Gasteiger partial charge in [0, 0.05) is 0 Å². The topological polar surface area (TPSA) is 85.1 Å². The fourth-order valence-corrected chi connectivity index (χ4v) is 2.03. The van der Waals surface area contributed by atoms with Gasteiger partial charge in [0.2, 0.25) is 0 Å². The van der Waals surface area contributed by atoms with Gasteiger partial charge in [-0.1, -0.05) is 12.1 Å². The number of amides is 1. The number of anilines is 1. The molecule has 0 aliphatic carbocycles. The molecule has 6 nitrogen and oxygen atoms in total. The second-order valence-corrected chi connectivity index (χ2v) is 4.83. The van der Waals surface area contributed by atoms with Crippen LogP contribution in [0.4, 0.5) is 5.69 Å². The van der Waals surface area contributed by atoms with Gasteiger partial charge in [0.05, 0.1) is 24.6 Å². The highest BCUT2D eigenvalue weighted by Crippen LogP contribution is 2.15. The van der Waals surface area contributed by atoms with Crippen LogP contribution in [0.5, 0.6) is 0 Å². The van der Waals surface area contributed by atoms with Crippen LogP contribution in [0, 0.1) is 0 Å². The van der Waals surface area contributed by atoms with Crippen molar-refractivity contribution in [1.82, 2.24) is 0 Å². The van der Waals surface area contributed by atoms with E-state index in [-0.39, 0.29) is 18.5 Å². The van der Waals surface area contributed by atoms with Crippen molar-refractivity contribution in [1.29, 1.82) is 0 Å². The standard InChI is InChI=1S/C16H18N2O4/c1-11(14-8-5-9-22-14)17-10-15(19)18-13-7-4-3-6-12(13)16(20)21-2/h3-9,11,17H,10H2,1-2H3,(H,18,19)/p+1/t11-/m1/s1. The third-order valence-corrected chi connectivity index (χ3v) is 3.26. The van der Waals surface area contributed by atoms with Gasteiger partial charge in [-0.15, -0.1) is 0 Å².